The first-order chi connectivity index (χ1) is 9.47. The summed E-state index contributed by atoms with van der Waals surface area (Å²) in [5.41, 5.74) is 1.47. The zero-order chi connectivity index (χ0) is 15.0. The van der Waals surface area contributed by atoms with Gasteiger partial charge in [-0.05, 0) is 42.5 Å². The average Bonchev–Trinajstić information content (AvgIpc) is 2.41. The highest BCUT2D eigenvalue weighted by atomic mass is 16.5. The molecule has 0 bridgehead atoms. The smallest absolute Gasteiger partial charge is 0.119 e. The molecule has 114 valence electrons. The lowest BCUT2D eigenvalue weighted by molar-refractivity contribution is 0.214. The summed E-state index contributed by atoms with van der Waals surface area (Å²) in [5.74, 6) is 0.888. The van der Waals surface area contributed by atoms with Gasteiger partial charge < -0.3 is 15.2 Å². The van der Waals surface area contributed by atoms with Crippen LogP contribution >= 0.6 is 0 Å². The van der Waals surface area contributed by atoms with Crippen LogP contribution in [-0.4, -0.2) is 30.9 Å². The van der Waals surface area contributed by atoms with E-state index in [2.05, 4.69) is 45.1 Å². The summed E-state index contributed by atoms with van der Waals surface area (Å²) in [7, 11) is 0. The molecule has 0 radical (unpaired) electrons. The molecule has 3 heteroatoms. The van der Waals surface area contributed by atoms with Crippen molar-refractivity contribution in [3.8, 4) is 5.75 Å². The molecule has 1 rings (SSSR count). The van der Waals surface area contributed by atoms with Gasteiger partial charge in [-0.1, -0.05) is 39.8 Å². The molecule has 1 unspecified atom stereocenters. The van der Waals surface area contributed by atoms with E-state index in [1.54, 1.807) is 0 Å². The first kappa shape index (κ1) is 17.0. The molecule has 0 heterocycles. The molecule has 0 saturated carbocycles. The van der Waals surface area contributed by atoms with Crippen molar-refractivity contribution in [1.82, 2.24) is 5.32 Å². The van der Waals surface area contributed by atoms with Crippen LogP contribution in [0.5, 0.6) is 5.75 Å². The third kappa shape index (κ3) is 5.93. The zero-order valence-corrected chi connectivity index (χ0v) is 13.3. The number of benzene rings is 1. The summed E-state index contributed by atoms with van der Waals surface area (Å²) in [4.78, 5) is 0. The standard InChI is InChI=1S/C17H29NO2/c1-5-11-18-15(10-12-19)13-20-16-8-6-14(7-9-16)17(2,3)4/h6-9,15,18-19H,5,10-13H2,1-4H3. The number of hydrogen-bond acceptors (Lipinski definition) is 3. The van der Waals surface area contributed by atoms with Gasteiger partial charge in [0.25, 0.3) is 0 Å². The number of aliphatic hydroxyl groups excluding tert-OH is 1. The predicted molar refractivity (Wildman–Crippen MR) is 84.4 cm³/mol. The molecule has 1 atom stereocenters. The number of hydrogen-bond donors (Lipinski definition) is 2. The summed E-state index contributed by atoms with van der Waals surface area (Å²) in [6.45, 7) is 10.5. The molecule has 2 N–H and O–H groups in total. The minimum Gasteiger partial charge on any atom is -0.492 e. The van der Waals surface area contributed by atoms with E-state index in [1.807, 2.05) is 12.1 Å². The molecular weight excluding hydrogens is 250 g/mol. The first-order valence-corrected chi connectivity index (χ1v) is 7.55. The molecular formula is C17H29NO2. The van der Waals surface area contributed by atoms with Gasteiger partial charge >= 0.3 is 0 Å². The van der Waals surface area contributed by atoms with E-state index in [0.29, 0.717) is 6.61 Å². The molecule has 0 aliphatic carbocycles. The van der Waals surface area contributed by atoms with Crippen LogP contribution < -0.4 is 10.1 Å². The Morgan fingerprint density at radius 1 is 1.20 bits per heavy atom. The summed E-state index contributed by atoms with van der Waals surface area (Å²) in [6, 6.07) is 8.50. The summed E-state index contributed by atoms with van der Waals surface area (Å²) in [5, 5.41) is 12.5. The van der Waals surface area contributed by atoms with Crippen molar-refractivity contribution in [2.75, 3.05) is 19.8 Å². The molecule has 1 aromatic carbocycles. The topological polar surface area (TPSA) is 41.5 Å². The van der Waals surface area contributed by atoms with Crippen molar-refractivity contribution in [2.24, 2.45) is 0 Å². The van der Waals surface area contributed by atoms with Crippen molar-refractivity contribution < 1.29 is 9.84 Å². The van der Waals surface area contributed by atoms with Gasteiger partial charge in [0, 0.05) is 12.6 Å². The Morgan fingerprint density at radius 2 is 1.85 bits per heavy atom. The van der Waals surface area contributed by atoms with E-state index in [0.717, 1.165) is 25.1 Å². The highest BCUT2D eigenvalue weighted by Crippen LogP contribution is 2.24. The molecule has 0 spiro atoms. The van der Waals surface area contributed by atoms with Gasteiger partial charge in [0.15, 0.2) is 0 Å². The lowest BCUT2D eigenvalue weighted by Crippen LogP contribution is -2.36. The van der Waals surface area contributed by atoms with Crippen molar-refractivity contribution in [1.29, 1.82) is 0 Å². The summed E-state index contributed by atoms with van der Waals surface area (Å²) in [6.07, 6.45) is 1.81. The highest BCUT2D eigenvalue weighted by Gasteiger charge is 2.13. The largest absolute Gasteiger partial charge is 0.492 e. The molecule has 20 heavy (non-hydrogen) atoms. The molecule has 0 fully saturated rings. The number of nitrogens with one attached hydrogen (secondary N) is 1. The molecule has 3 nitrogen and oxygen atoms in total. The van der Waals surface area contributed by atoms with Gasteiger partial charge in [-0.15, -0.1) is 0 Å². The van der Waals surface area contributed by atoms with Crippen molar-refractivity contribution in [3.63, 3.8) is 0 Å². The van der Waals surface area contributed by atoms with Crippen LogP contribution in [0.25, 0.3) is 0 Å². The molecule has 0 aromatic heterocycles. The van der Waals surface area contributed by atoms with Gasteiger partial charge in [-0.25, -0.2) is 0 Å². The lowest BCUT2D eigenvalue weighted by Gasteiger charge is -2.20. The maximum atomic E-state index is 9.06. The van der Waals surface area contributed by atoms with Gasteiger partial charge in [-0.2, -0.15) is 0 Å². The monoisotopic (exact) mass is 279 g/mol. The van der Waals surface area contributed by atoms with E-state index >= 15 is 0 Å². The van der Waals surface area contributed by atoms with Gasteiger partial charge in [0.2, 0.25) is 0 Å². The van der Waals surface area contributed by atoms with Crippen LogP contribution in [-0.2, 0) is 5.41 Å². The molecule has 0 amide bonds. The molecule has 0 aliphatic rings. The summed E-state index contributed by atoms with van der Waals surface area (Å²) < 4.78 is 5.81. The maximum Gasteiger partial charge on any atom is 0.119 e. The quantitative estimate of drug-likeness (QED) is 0.768. The Bertz CT molecular complexity index is 368. The van der Waals surface area contributed by atoms with E-state index < -0.39 is 0 Å². The van der Waals surface area contributed by atoms with Crippen molar-refractivity contribution >= 4 is 0 Å². The van der Waals surface area contributed by atoms with Gasteiger partial charge in [0.1, 0.15) is 12.4 Å². The number of aliphatic hydroxyl groups is 1. The fourth-order valence-electron chi connectivity index (χ4n) is 2.00. The van der Waals surface area contributed by atoms with Gasteiger partial charge in [-0.3, -0.25) is 0 Å². The molecule has 0 aliphatic heterocycles. The second-order valence-electron chi connectivity index (χ2n) is 6.25. The van der Waals surface area contributed by atoms with Crippen molar-refractivity contribution in [2.45, 2.75) is 52.0 Å². The predicted octanol–water partition coefficient (Wildman–Crippen LogP) is 3.11. The van der Waals surface area contributed by atoms with E-state index in [1.165, 1.54) is 5.56 Å². The highest BCUT2D eigenvalue weighted by molar-refractivity contribution is 5.31. The fourth-order valence-corrected chi connectivity index (χ4v) is 2.00. The van der Waals surface area contributed by atoms with E-state index in [-0.39, 0.29) is 18.1 Å². The van der Waals surface area contributed by atoms with Crippen LogP contribution in [0.1, 0.15) is 46.1 Å². The lowest BCUT2D eigenvalue weighted by atomic mass is 9.87. The van der Waals surface area contributed by atoms with Crippen LogP contribution in [0.4, 0.5) is 0 Å². The Labute approximate surface area is 123 Å². The second-order valence-corrected chi connectivity index (χ2v) is 6.25. The Balaban J connectivity index is 2.51. The van der Waals surface area contributed by atoms with Crippen LogP contribution in [0.15, 0.2) is 24.3 Å². The summed E-state index contributed by atoms with van der Waals surface area (Å²) >= 11 is 0. The fraction of sp³-hybridized carbons (Fsp3) is 0.647. The number of ether oxygens (including phenoxy) is 1. The Kier molecular flexibility index (Phi) is 7.03. The van der Waals surface area contributed by atoms with Crippen molar-refractivity contribution in [3.05, 3.63) is 29.8 Å². The third-order valence-electron chi connectivity index (χ3n) is 3.33. The molecule has 1 aromatic rings. The van der Waals surface area contributed by atoms with Crippen LogP contribution in [0.3, 0.4) is 0 Å². The SMILES string of the molecule is CCCNC(CCO)COc1ccc(C(C)(C)C)cc1. The minimum atomic E-state index is 0.167. The minimum absolute atomic E-state index is 0.167. The van der Waals surface area contributed by atoms with E-state index in [9.17, 15) is 0 Å². The second kappa shape index (κ2) is 8.28. The van der Waals surface area contributed by atoms with E-state index in [4.69, 9.17) is 9.84 Å². The zero-order valence-electron chi connectivity index (χ0n) is 13.3. The van der Waals surface area contributed by atoms with Gasteiger partial charge in [0.05, 0.1) is 0 Å². The normalized spacial score (nSPS) is 13.2. The average molecular weight is 279 g/mol. The third-order valence-corrected chi connectivity index (χ3v) is 3.33. The Morgan fingerprint density at radius 3 is 2.35 bits per heavy atom. The Hall–Kier alpha value is -1.06. The van der Waals surface area contributed by atoms with Crippen LogP contribution in [0.2, 0.25) is 0 Å². The molecule has 0 saturated heterocycles. The first-order valence-electron chi connectivity index (χ1n) is 7.55. The number of rotatable bonds is 8. The van der Waals surface area contributed by atoms with Crippen LogP contribution in [0, 0.1) is 0 Å². The maximum absolute atomic E-state index is 9.06.